The van der Waals surface area contributed by atoms with Crippen LogP contribution >= 0.6 is 31.9 Å². The number of hydrogen-bond acceptors (Lipinski definition) is 2. The molecular weight excluding hydrogens is 399 g/mol. The summed E-state index contributed by atoms with van der Waals surface area (Å²) in [6.07, 6.45) is 0. The van der Waals surface area contributed by atoms with Gasteiger partial charge in [-0.15, -0.1) is 0 Å². The highest BCUT2D eigenvalue weighted by Gasteiger charge is 2.19. The largest absolute Gasteiger partial charge is 0.329 e. The Bertz CT molecular complexity index is 619. The van der Waals surface area contributed by atoms with Gasteiger partial charge in [0.2, 0.25) is 0 Å². The van der Waals surface area contributed by atoms with E-state index in [2.05, 4.69) is 42.8 Å². The molecule has 0 saturated carbocycles. The van der Waals surface area contributed by atoms with Crippen molar-refractivity contribution in [2.24, 2.45) is 5.73 Å². The zero-order chi connectivity index (χ0) is 15.4. The van der Waals surface area contributed by atoms with Crippen molar-refractivity contribution in [3.05, 3.63) is 68.4 Å². The maximum Gasteiger partial charge on any atom is 0.124 e. The average Bonchev–Trinajstić information content (AvgIpc) is 2.44. The lowest BCUT2D eigenvalue weighted by molar-refractivity contribution is 0.240. The molecular formula is C16H17Br2FN2. The van der Waals surface area contributed by atoms with Crippen LogP contribution < -0.4 is 5.73 Å². The molecule has 2 aromatic carbocycles. The molecule has 2 aromatic rings. The van der Waals surface area contributed by atoms with Crippen LogP contribution in [-0.4, -0.2) is 18.5 Å². The first-order chi connectivity index (χ1) is 10.0. The van der Waals surface area contributed by atoms with Gasteiger partial charge in [-0.05, 0) is 36.4 Å². The molecule has 0 bridgehead atoms. The van der Waals surface area contributed by atoms with Gasteiger partial charge in [0.1, 0.15) is 5.82 Å². The van der Waals surface area contributed by atoms with E-state index in [1.807, 2.05) is 25.2 Å². The number of halogens is 3. The molecule has 0 aliphatic heterocycles. The summed E-state index contributed by atoms with van der Waals surface area (Å²) in [5.41, 5.74) is 8.12. The molecule has 5 heteroatoms. The molecule has 0 radical (unpaired) electrons. The van der Waals surface area contributed by atoms with Gasteiger partial charge in [0.05, 0.1) is 0 Å². The predicted octanol–water partition coefficient (Wildman–Crippen LogP) is 4.48. The van der Waals surface area contributed by atoms with Crippen LogP contribution in [0.4, 0.5) is 4.39 Å². The van der Waals surface area contributed by atoms with E-state index in [-0.39, 0.29) is 11.9 Å². The third kappa shape index (κ3) is 4.13. The number of nitrogens with zero attached hydrogens (tertiary/aromatic N) is 1. The zero-order valence-corrected chi connectivity index (χ0v) is 14.9. The highest BCUT2D eigenvalue weighted by Crippen LogP contribution is 2.29. The van der Waals surface area contributed by atoms with E-state index >= 15 is 0 Å². The standard InChI is InChI=1S/C16H17Br2FN2/c1-21(10-11-4-2-3-5-14(11)17)16(9-20)13-7-6-12(19)8-15(13)18/h2-8,16H,9-10,20H2,1H3. The fourth-order valence-corrected chi connectivity index (χ4v) is 3.35. The zero-order valence-electron chi connectivity index (χ0n) is 11.7. The summed E-state index contributed by atoms with van der Waals surface area (Å²) in [5, 5.41) is 0. The first-order valence-electron chi connectivity index (χ1n) is 6.61. The lowest BCUT2D eigenvalue weighted by Gasteiger charge is -2.28. The molecule has 0 aliphatic carbocycles. The smallest absolute Gasteiger partial charge is 0.124 e. The Labute approximate surface area is 141 Å². The number of nitrogens with two attached hydrogens (primary N) is 1. The van der Waals surface area contributed by atoms with Crippen LogP contribution in [-0.2, 0) is 6.54 Å². The SMILES string of the molecule is CN(Cc1ccccc1Br)C(CN)c1ccc(F)cc1Br. The van der Waals surface area contributed by atoms with E-state index < -0.39 is 0 Å². The molecule has 0 heterocycles. The van der Waals surface area contributed by atoms with Crippen molar-refractivity contribution in [1.82, 2.24) is 4.90 Å². The summed E-state index contributed by atoms with van der Waals surface area (Å²) in [7, 11) is 2.02. The molecule has 2 rings (SSSR count). The van der Waals surface area contributed by atoms with E-state index in [1.54, 1.807) is 6.07 Å². The Hall–Kier alpha value is -0.750. The van der Waals surface area contributed by atoms with Crippen molar-refractivity contribution in [2.75, 3.05) is 13.6 Å². The van der Waals surface area contributed by atoms with E-state index in [4.69, 9.17) is 5.73 Å². The van der Waals surface area contributed by atoms with Gasteiger partial charge in [0.25, 0.3) is 0 Å². The Kier molecular flexibility index (Phi) is 5.93. The molecule has 0 fully saturated rings. The number of hydrogen-bond donors (Lipinski definition) is 1. The van der Waals surface area contributed by atoms with Crippen molar-refractivity contribution in [3.63, 3.8) is 0 Å². The van der Waals surface area contributed by atoms with Gasteiger partial charge in [-0.1, -0.05) is 56.1 Å². The molecule has 0 aliphatic rings. The highest BCUT2D eigenvalue weighted by atomic mass is 79.9. The molecule has 1 atom stereocenters. The second kappa shape index (κ2) is 7.49. The monoisotopic (exact) mass is 414 g/mol. The van der Waals surface area contributed by atoms with Crippen molar-refractivity contribution in [1.29, 1.82) is 0 Å². The average molecular weight is 416 g/mol. The van der Waals surface area contributed by atoms with Crippen molar-refractivity contribution in [3.8, 4) is 0 Å². The van der Waals surface area contributed by atoms with Crippen molar-refractivity contribution in [2.45, 2.75) is 12.6 Å². The molecule has 2 N–H and O–H groups in total. The minimum Gasteiger partial charge on any atom is -0.329 e. The second-order valence-electron chi connectivity index (χ2n) is 4.92. The molecule has 0 spiro atoms. The Balaban J connectivity index is 2.22. The highest BCUT2D eigenvalue weighted by molar-refractivity contribution is 9.10. The molecule has 0 amide bonds. The van der Waals surface area contributed by atoms with Crippen molar-refractivity contribution < 1.29 is 4.39 Å². The van der Waals surface area contributed by atoms with Crippen molar-refractivity contribution >= 4 is 31.9 Å². The Morgan fingerprint density at radius 2 is 1.86 bits per heavy atom. The lowest BCUT2D eigenvalue weighted by atomic mass is 10.0. The van der Waals surface area contributed by atoms with E-state index in [9.17, 15) is 4.39 Å². The summed E-state index contributed by atoms with van der Waals surface area (Å²) >= 11 is 6.98. The van der Waals surface area contributed by atoms with Gasteiger partial charge in [0, 0.05) is 28.1 Å². The van der Waals surface area contributed by atoms with Crippen LogP contribution in [0.5, 0.6) is 0 Å². The van der Waals surface area contributed by atoms with Crippen LogP contribution in [0.2, 0.25) is 0 Å². The third-order valence-corrected chi connectivity index (χ3v) is 4.91. The van der Waals surface area contributed by atoms with Gasteiger partial charge >= 0.3 is 0 Å². The van der Waals surface area contributed by atoms with Gasteiger partial charge < -0.3 is 5.73 Å². The summed E-state index contributed by atoms with van der Waals surface area (Å²) in [6.45, 7) is 1.22. The van der Waals surface area contributed by atoms with E-state index in [0.717, 1.165) is 21.1 Å². The topological polar surface area (TPSA) is 29.3 Å². The van der Waals surface area contributed by atoms with E-state index in [0.29, 0.717) is 6.54 Å². The van der Waals surface area contributed by atoms with Gasteiger partial charge in [-0.2, -0.15) is 0 Å². The fraction of sp³-hybridized carbons (Fsp3) is 0.250. The Morgan fingerprint density at radius 1 is 1.14 bits per heavy atom. The number of benzene rings is 2. The molecule has 21 heavy (non-hydrogen) atoms. The van der Waals surface area contributed by atoms with Crippen LogP contribution in [0.1, 0.15) is 17.2 Å². The molecule has 2 nitrogen and oxygen atoms in total. The molecule has 0 saturated heterocycles. The first kappa shape index (κ1) is 16.6. The Morgan fingerprint density at radius 3 is 2.48 bits per heavy atom. The van der Waals surface area contributed by atoms with Gasteiger partial charge in [0.15, 0.2) is 0 Å². The maximum absolute atomic E-state index is 13.2. The lowest BCUT2D eigenvalue weighted by Crippen LogP contribution is -2.30. The van der Waals surface area contributed by atoms with Crippen LogP contribution in [0.3, 0.4) is 0 Å². The number of rotatable bonds is 5. The summed E-state index contributed by atoms with van der Waals surface area (Å²) < 4.78 is 15.1. The summed E-state index contributed by atoms with van der Waals surface area (Å²) in [6, 6.07) is 12.9. The minimum absolute atomic E-state index is 0.0204. The summed E-state index contributed by atoms with van der Waals surface area (Å²) in [5.74, 6) is -0.255. The quantitative estimate of drug-likeness (QED) is 0.779. The van der Waals surface area contributed by atoms with Gasteiger partial charge in [-0.25, -0.2) is 4.39 Å². The predicted molar refractivity (Wildman–Crippen MR) is 91.5 cm³/mol. The van der Waals surface area contributed by atoms with Crippen LogP contribution in [0, 0.1) is 5.82 Å². The fourth-order valence-electron chi connectivity index (χ4n) is 2.32. The second-order valence-corrected chi connectivity index (χ2v) is 6.63. The van der Waals surface area contributed by atoms with Gasteiger partial charge in [-0.3, -0.25) is 4.90 Å². The van der Waals surface area contributed by atoms with E-state index in [1.165, 1.54) is 17.7 Å². The molecule has 1 unspecified atom stereocenters. The summed E-state index contributed by atoms with van der Waals surface area (Å²) in [4.78, 5) is 2.16. The normalized spacial score (nSPS) is 12.7. The maximum atomic E-state index is 13.2. The van der Waals surface area contributed by atoms with Crippen LogP contribution in [0.25, 0.3) is 0 Å². The first-order valence-corrected chi connectivity index (χ1v) is 8.20. The third-order valence-electron chi connectivity index (χ3n) is 3.45. The molecule has 112 valence electrons. The number of likely N-dealkylation sites (N-methyl/N-ethyl adjacent to an activating group) is 1. The van der Waals surface area contributed by atoms with Crippen LogP contribution in [0.15, 0.2) is 51.4 Å². The minimum atomic E-state index is -0.255. The molecule has 0 aromatic heterocycles.